The molecule has 0 aliphatic carbocycles. The van der Waals surface area contributed by atoms with Crippen LogP contribution in [-0.2, 0) is 13.0 Å². The molecule has 5 nitrogen and oxygen atoms in total. The molecule has 0 aliphatic heterocycles. The summed E-state index contributed by atoms with van der Waals surface area (Å²) in [5.74, 6) is -0.156. The fraction of sp³-hybridized carbons (Fsp3) is 0.375. The van der Waals surface area contributed by atoms with Crippen molar-refractivity contribution in [3.8, 4) is 0 Å². The van der Waals surface area contributed by atoms with Crippen LogP contribution in [0.2, 0.25) is 0 Å². The third kappa shape index (κ3) is 3.92. The number of carbonyl (C=O) groups is 1. The molecule has 1 aromatic carbocycles. The molecule has 0 atom stereocenters. The zero-order valence-corrected chi connectivity index (χ0v) is 12.5. The highest BCUT2D eigenvalue weighted by Gasteiger charge is 2.13. The fourth-order valence-corrected chi connectivity index (χ4v) is 2.25. The molecular weight excluding hydrogens is 266 g/mol. The van der Waals surface area contributed by atoms with E-state index >= 15 is 0 Å². The van der Waals surface area contributed by atoms with Crippen molar-refractivity contribution in [1.82, 2.24) is 9.78 Å². The van der Waals surface area contributed by atoms with Crippen LogP contribution < -0.4 is 5.32 Å². The molecule has 0 spiro atoms. The van der Waals surface area contributed by atoms with Crippen LogP contribution in [0.4, 0.5) is 5.69 Å². The number of aryl methyl sites for hydroxylation is 3. The highest BCUT2D eigenvalue weighted by molar-refractivity contribution is 6.03. The minimum absolute atomic E-state index is 0.156. The van der Waals surface area contributed by atoms with Crippen LogP contribution in [0.15, 0.2) is 30.3 Å². The molecule has 0 aliphatic rings. The average Bonchev–Trinajstić information content (AvgIpc) is 2.87. The third-order valence-electron chi connectivity index (χ3n) is 3.24. The van der Waals surface area contributed by atoms with E-state index in [1.54, 1.807) is 10.7 Å². The Kier molecular flexibility index (Phi) is 5.11. The molecule has 0 radical (unpaired) electrons. The Morgan fingerprint density at radius 2 is 2.19 bits per heavy atom. The summed E-state index contributed by atoms with van der Waals surface area (Å²) >= 11 is 0. The van der Waals surface area contributed by atoms with Gasteiger partial charge in [0.25, 0.3) is 5.91 Å². The largest absolute Gasteiger partial charge is 0.396 e. The van der Waals surface area contributed by atoms with E-state index in [1.807, 2.05) is 38.1 Å². The second kappa shape index (κ2) is 7.04. The number of rotatable bonds is 6. The van der Waals surface area contributed by atoms with Crippen molar-refractivity contribution in [2.24, 2.45) is 0 Å². The maximum Gasteiger partial charge on any atom is 0.273 e. The number of aliphatic hydroxyl groups is 1. The van der Waals surface area contributed by atoms with Crippen LogP contribution in [0.1, 0.15) is 35.1 Å². The Morgan fingerprint density at radius 3 is 2.90 bits per heavy atom. The molecule has 1 heterocycles. The summed E-state index contributed by atoms with van der Waals surface area (Å²) in [4.78, 5) is 12.3. The van der Waals surface area contributed by atoms with E-state index in [1.165, 1.54) is 0 Å². The molecular formula is C16H21N3O2. The number of carbonyl (C=O) groups excluding carboxylic acids is 1. The molecule has 0 saturated heterocycles. The van der Waals surface area contributed by atoms with Gasteiger partial charge in [-0.25, -0.2) is 0 Å². The number of aliphatic hydroxyl groups excluding tert-OH is 1. The number of hydrogen-bond donors (Lipinski definition) is 2. The van der Waals surface area contributed by atoms with E-state index in [0.717, 1.165) is 29.8 Å². The van der Waals surface area contributed by atoms with Gasteiger partial charge < -0.3 is 10.4 Å². The van der Waals surface area contributed by atoms with E-state index in [2.05, 4.69) is 10.4 Å². The molecule has 5 heteroatoms. The SMILES string of the molecule is CCn1nc(C)cc1C(=O)Nc1cccc(CCCO)c1. The van der Waals surface area contributed by atoms with Crippen molar-refractivity contribution in [2.45, 2.75) is 33.2 Å². The number of amides is 1. The van der Waals surface area contributed by atoms with Crippen LogP contribution >= 0.6 is 0 Å². The van der Waals surface area contributed by atoms with Crippen molar-refractivity contribution in [2.75, 3.05) is 11.9 Å². The normalized spacial score (nSPS) is 10.6. The highest BCUT2D eigenvalue weighted by atomic mass is 16.2. The topological polar surface area (TPSA) is 67.2 Å². The quantitative estimate of drug-likeness (QED) is 0.857. The number of anilines is 1. The standard InChI is InChI=1S/C16H21N3O2/c1-3-19-15(10-12(2)18-19)16(21)17-14-8-4-6-13(11-14)7-5-9-20/h4,6,8,10-11,20H,3,5,7,9H2,1-2H3,(H,17,21). The number of hydrogen-bond acceptors (Lipinski definition) is 3. The van der Waals surface area contributed by atoms with E-state index in [-0.39, 0.29) is 12.5 Å². The first kappa shape index (κ1) is 15.3. The predicted octanol–water partition coefficient (Wildman–Crippen LogP) is 2.39. The first-order valence-corrected chi connectivity index (χ1v) is 7.19. The fourth-order valence-electron chi connectivity index (χ4n) is 2.25. The van der Waals surface area contributed by atoms with Crippen LogP contribution in [0.5, 0.6) is 0 Å². The van der Waals surface area contributed by atoms with Crippen molar-refractivity contribution in [1.29, 1.82) is 0 Å². The molecule has 0 unspecified atom stereocenters. The van der Waals surface area contributed by atoms with Gasteiger partial charge in [-0.2, -0.15) is 5.10 Å². The summed E-state index contributed by atoms with van der Waals surface area (Å²) < 4.78 is 1.69. The summed E-state index contributed by atoms with van der Waals surface area (Å²) in [6.45, 7) is 4.66. The van der Waals surface area contributed by atoms with Gasteiger partial charge in [-0.1, -0.05) is 12.1 Å². The number of aromatic nitrogens is 2. The Balaban J connectivity index is 2.11. The Labute approximate surface area is 124 Å². The van der Waals surface area contributed by atoms with Gasteiger partial charge in [0.1, 0.15) is 5.69 Å². The second-order valence-corrected chi connectivity index (χ2v) is 4.97. The lowest BCUT2D eigenvalue weighted by atomic mass is 10.1. The van der Waals surface area contributed by atoms with E-state index in [0.29, 0.717) is 12.2 Å². The Bertz CT molecular complexity index is 620. The third-order valence-corrected chi connectivity index (χ3v) is 3.24. The van der Waals surface area contributed by atoms with Crippen molar-refractivity contribution >= 4 is 11.6 Å². The number of nitrogens with one attached hydrogen (secondary N) is 1. The monoisotopic (exact) mass is 287 g/mol. The molecule has 112 valence electrons. The molecule has 0 saturated carbocycles. The first-order chi connectivity index (χ1) is 10.1. The summed E-state index contributed by atoms with van der Waals surface area (Å²) in [5, 5.41) is 16.1. The van der Waals surface area contributed by atoms with Gasteiger partial charge >= 0.3 is 0 Å². The smallest absolute Gasteiger partial charge is 0.273 e. The maximum atomic E-state index is 12.3. The zero-order valence-electron chi connectivity index (χ0n) is 12.5. The highest BCUT2D eigenvalue weighted by Crippen LogP contribution is 2.14. The number of nitrogens with zero attached hydrogens (tertiary/aromatic N) is 2. The molecule has 0 bridgehead atoms. The van der Waals surface area contributed by atoms with Gasteiger partial charge in [0.2, 0.25) is 0 Å². The minimum atomic E-state index is -0.156. The molecule has 2 rings (SSSR count). The summed E-state index contributed by atoms with van der Waals surface area (Å²) in [6.07, 6.45) is 1.52. The van der Waals surface area contributed by atoms with Gasteiger partial charge in [0.05, 0.1) is 5.69 Å². The van der Waals surface area contributed by atoms with E-state index < -0.39 is 0 Å². The zero-order chi connectivity index (χ0) is 15.2. The Hall–Kier alpha value is -2.14. The van der Waals surface area contributed by atoms with Gasteiger partial charge in [-0.05, 0) is 50.5 Å². The second-order valence-electron chi connectivity index (χ2n) is 4.97. The molecule has 0 fully saturated rings. The Morgan fingerprint density at radius 1 is 1.38 bits per heavy atom. The van der Waals surface area contributed by atoms with Crippen molar-refractivity contribution in [3.05, 3.63) is 47.3 Å². The molecule has 21 heavy (non-hydrogen) atoms. The van der Waals surface area contributed by atoms with Crippen LogP contribution in [0, 0.1) is 6.92 Å². The van der Waals surface area contributed by atoms with Gasteiger partial charge in [0, 0.05) is 18.8 Å². The first-order valence-electron chi connectivity index (χ1n) is 7.19. The summed E-state index contributed by atoms with van der Waals surface area (Å²) in [6, 6.07) is 9.48. The minimum Gasteiger partial charge on any atom is -0.396 e. The van der Waals surface area contributed by atoms with Crippen LogP contribution in [0.25, 0.3) is 0 Å². The molecule has 1 amide bonds. The van der Waals surface area contributed by atoms with Gasteiger partial charge in [-0.15, -0.1) is 0 Å². The summed E-state index contributed by atoms with van der Waals surface area (Å²) in [7, 11) is 0. The number of benzene rings is 1. The van der Waals surface area contributed by atoms with Crippen molar-refractivity contribution < 1.29 is 9.90 Å². The van der Waals surface area contributed by atoms with Crippen LogP contribution in [0.3, 0.4) is 0 Å². The molecule has 1 aromatic heterocycles. The molecule has 2 N–H and O–H groups in total. The maximum absolute atomic E-state index is 12.3. The summed E-state index contributed by atoms with van der Waals surface area (Å²) in [5.41, 5.74) is 3.26. The lowest BCUT2D eigenvalue weighted by molar-refractivity contribution is 0.101. The predicted molar refractivity (Wildman–Crippen MR) is 82.4 cm³/mol. The van der Waals surface area contributed by atoms with Gasteiger partial charge in [0.15, 0.2) is 0 Å². The lowest BCUT2D eigenvalue weighted by Crippen LogP contribution is -2.17. The van der Waals surface area contributed by atoms with Crippen LogP contribution in [-0.4, -0.2) is 27.4 Å². The van der Waals surface area contributed by atoms with Crippen molar-refractivity contribution in [3.63, 3.8) is 0 Å². The average molecular weight is 287 g/mol. The molecule has 2 aromatic rings. The van der Waals surface area contributed by atoms with Gasteiger partial charge in [-0.3, -0.25) is 9.48 Å². The van der Waals surface area contributed by atoms with E-state index in [9.17, 15) is 4.79 Å². The van der Waals surface area contributed by atoms with E-state index in [4.69, 9.17) is 5.11 Å². The lowest BCUT2D eigenvalue weighted by Gasteiger charge is -2.08.